The fourth-order valence-corrected chi connectivity index (χ4v) is 3.70. The van der Waals surface area contributed by atoms with Gasteiger partial charge in [0.25, 0.3) is 0 Å². The molecule has 9 nitrogen and oxygen atoms in total. The summed E-state index contributed by atoms with van der Waals surface area (Å²) in [6.07, 6.45) is 6.72. The van der Waals surface area contributed by atoms with Crippen molar-refractivity contribution in [3.63, 3.8) is 0 Å². The van der Waals surface area contributed by atoms with E-state index in [1.54, 1.807) is 12.5 Å². The van der Waals surface area contributed by atoms with Gasteiger partial charge in [-0.25, -0.2) is 27.7 Å². The lowest BCUT2D eigenvalue weighted by atomic mass is 10.2. The van der Waals surface area contributed by atoms with Crippen LogP contribution in [0.3, 0.4) is 0 Å². The van der Waals surface area contributed by atoms with Crippen molar-refractivity contribution in [2.24, 2.45) is 0 Å². The van der Waals surface area contributed by atoms with E-state index in [-0.39, 0.29) is 16.4 Å². The minimum atomic E-state index is -1.52. The van der Waals surface area contributed by atoms with Crippen LogP contribution in [-0.2, 0) is 17.9 Å². The molecular weight excluding hydrogens is 499 g/mol. The summed E-state index contributed by atoms with van der Waals surface area (Å²) >= 11 is 6.10. The van der Waals surface area contributed by atoms with Crippen LogP contribution < -0.4 is 15.4 Å². The summed E-state index contributed by atoms with van der Waals surface area (Å²) < 4.78 is 57.4. The molecule has 0 saturated carbocycles. The molecule has 2 amide bonds. The Morgan fingerprint density at radius 3 is 2.74 bits per heavy atom. The van der Waals surface area contributed by atoms with Crippen molar-refractivity contribution >= 4 is 40.1 Å². The van der Waals surface area contributed by atoms with Crippen LogP contribution in [0.5, 0.6) is 5.88 Å². The number of ether oxygens (including phenoxy) is 2. The van der Waals surface area contributed by atoms with Crippen LogP contribution in [-0.4, -0.2) is 39.6 Å². The summed E-state index contributed by atoms with van der Waals surface area (Å²) in [4.78, 5) is 28.4. The first-order valence-electron chi connectivity index (χ1n) is 9.85. The van der Waals surface area contributed by atoms with Crippen molar-refractivity contribution in [2.45, 2.75) is 26.0 Å². The molecule has 0 saturated heterocycles. The Balaban J connectivity index is 1.61. The van der Waals surface area contributed by atoms with Crippen LogP contribution in [0.4, 0.5) is 23.0 Å². The van der Waals surface area contributed by atoms with Crippen LogP contribution in [0.25, 0.3) is 0 Å². The van der Waals surface area contributed by atoms with E-state index in [0.29, 0.717) is 30.6 Å². The molecular formula is C20H19ClF3N5O4S. The Kier molecular flexibility index (Phi) is 8.71. The van der Waals surface area contributed by atoms with Crippen LogP contribution >= 0.6 is 23.1 Å². The molecule has 0 aliphatic carbocycles. The maximum atomic E-state index is 14.0. The van der Waals surface area contributed by atoms with Gasteiger partial charge in [0.1, 0.15) is 17.4 Å². The molecule has 34 heavy (non-hydrogen) atoms. The van der Waals surface area contributed by atoms with E-state index in [9.17, 15) is 22.8 Å². The summed E-state index contributed by atoms with van der Waals surface area (Å²) in [7, 11) is 1.10. The number of benzene rings is 1. The number of urea groups is 1. The standard InChI is InChI=1S/C20H19ClF3N5O4S/c1-32-19(30)14-17(33-9-11-13(22)8-12(21)16(24)15(11)23)28-34-18(14)27-20(31)26-4-2-3-6-29-7-5-25-10-29/h5,7-8,10H,2-4,6,9H2,1H3,(H2,26,27,31). The van der Waals surface area contributed by atoms with E-state index in [2.05, 4.69) is 24.7 Å². The average Bonchev–Trinajstić information content (AvgIpc) is 3.47. The van der Waals surface area contributed by atoms with Crippen molar-refractivity contribution in [1.29, 1.82) is 0 Å². The predicted molar refractivity (Wildman–Crippen MR) is 118 cm³/mol. The summed E-state index contributed by atoms with van der Waals surface area (Å²) in [6.45, 7) is 0.336. The van der Waals surface area contributed by atoms with Crippen molar-refractivity contribution in [3.05, 3.63) is 58.4 Å². The predicted octanol–water partition coefficient (Wildman–Crippen LogP) is 4.38. The average molecular weight is 518 g/mol. The number of carbonyl (C=O) groups is 2. The molecule has 2 heterocycles. The maximum absolute atomic E-state index is 14.0. The van der Waals surface area contributed by atoms with Gasteiger partial charge in [-0.3, -0.25) is 5.32 Å². The molecule has 0 spiro atoms. The van der Waals surface area contributed by atoms with E-state index in [0.717, 1.165) is 20.1 Å². The lowest BCUT2D eigenvalue weighted by Gasteiger charge is -2.10. The normalized spacial score (nSPS) is 10.7. The number of aryl methyl sites for hydroxylation is 1. The lowest BCUT2D eigenvalue weighted by Crippen LogP contribution is -2.30. The van der Waals surface area contributed by atoms with Gasteiger partial charge in [0.15, 0.2) is 17.2 Å². The van der Waals surface area contributed by atoms with Crippen LogP contribution in [0.15, 0.2) is 24.8 Å². The maximum Gasteiger partial charge on any atom is 0.346 e. The highest BCUT2D eigenvalue weighted by Gasteiger charge is 2.26. The molecule has 3 rings (SSSR count). The zero-order valence-electron chi connectivity index (χ0n) is 17.7. The zero-order chi connectivity index (χ0) is 24.7. The quantitative estimate of drug-likeness (QED) is 0.179. The number of hydrogen-bond acceptors (Lipinski definition) is 7. The highest BCUT2D eigenvalue weighted by Crippen LogP contribution is 2.32. The second-order valence-electron chi connectivity index (χ2n) is 6.81. The summed E-state index contributed by atoms with van der Waals surface area (Å²) in [5.74, 6) is -5.34. The van der Waals surface area contributed by atoms with E-state index in [4.69, 9.17) is 16.3 Å². The van der Waals surface area contributed by atoms with Gasteiger partial charge >= 0.3 is 12.0 Å². The number of aromatic nitrogens is 3. The second kappa shape index (κ2) is 11.7. The van der Waals surface area contributed by atoms with Gasteiger partial charge in [0.05, 0.1) is 24.0 Å². The lowest BCUT2D eigenvalue weighted by molar-refractivity contribution is 0.0596. The minimum absolute atomic E-state index is 0.000922. The molecule has 1 aromatic carbocycles. The molecule has 0 aliphatic rings. The van der Waals surface area contributed by atoms with Gasteiger partial charge < -0.3 is 19.4 Å². The number of amides is 2. The molecule has 14 heteroatoms. The molecule has 0 radical (unpaired) electrons. The van der Waals surface area contributed by atoms with Gasteiger partial charge in [-0.2, -0.15) is 4.37 Å². The number of esters is 1. The van der Waals surface area contributed by atoms with E-state index in [1.807, 2.05) is 10.8 Å². The number of anilines is 1. The fraction of sp³-hybridized carbons (Fsp3) is 0.300. The van der Waals surface area contributed by atoms with E-state index in [1.165, 1.54) is 0 Å². The Morgan fingerprint density at radius 1 is 1.24 bits per heavy atom. The molecule has 0 atom stereocenters. The van der Waals surface area contributed by atoms with E-state index >= 15 is 0 Å². The Morgan fingerprint density at radius 2 is 2.03 bits per heavy atom. The molecule has 0 bridgehead atoms. The number of unbranched alkanes of at least 4 members (excludes halogenated alkanes) is 1. The largest absolute Gasteiger partial charge is 0.471 e. The van der Waals surface area contributed by atoms with Crippen molar-refractivity contribution < 1.29 is 32.2 Å². The highest BCUT2D eigenvalue weighted by molar-refractivity contribution is 7.11. The third kappa shape index (κ3) is 6.17. The number of imidazole rings is 1. The first-order chi connectivity index (χ1) is 16.3. The number of carbonyl (C=O) groups excluding carboxylic acids is 2. The van der Waals surface area contributed by atoms with Gasteiger partial charge in [-0.05, 0) is 30.4 Å². The summed E-state index contributed by atoms with van der Waals surface area (Å²) in [5.41, 5.74) is -0.994. The van der Waals surface area contributed by atoms with Gasteiger partial charge in [0.2, 0.25) is 5.88 Å². The van der Waals surface area contributed by atoms with Crippen LogP contribution in [0, 0.1) is 17.5 Å². The van der Waals surface area contributed by atoms with Gasteiger partial charge in [0, 0.05) is 25.5 Å². The van der Waals surface area contributed by atoms with Crippen molar-refractivity contribution in [1.82, 2.24) is 19.2 Å². The number of halogens is 4. The number of nitrogens with one attached hydrogen (secondary N) is 2. The molecule has 0 unspecified atom stereocenters. The molecule has 182 valence electrons. The number of nitrogens with zero attached hydrogens (tertiary/aromatic N) is 3. The molecule has 0 aliphatic heterocycles. The van der Waals surface area contributed by atoms with Crippen LogP contribution in [0.1, 0.15) is 28.8 Å². The fourth-order valence-electron chi connectivity index (χ4n) is 2.81. The number of hydrogen-bond donors (Lipinski definition) is 2. The smallest absolute Gasteiger partial charge is 0.346 e. The van der Waals surface area contributed by atoms with Crippen molar-refractivity contribution in [2.75, 3.05) is 19.0 Å². The summed E-state index contributed by atoms with van der Waals surface area (Å²) in [6, 6.07) is 0.00748. The molecule has 0 fully saturated rings. The third-order valence-corrected chi connectivity index (χ3v) is 5.55. The third-order valence-electron chi connectivity index (χ3n) is 4.53. The molecule has 2 aromatic heterocycles. The Hall–Kier alpha value is -3.32. The topological polar surface area (TPSA) is 107 Å². The first kappa shape index (κ1) is 25.3. The molecule has 3 aromatic rings. The van der Waals surface area contributed by atoms with Gasteiger partial charge in [-0.1, -0.05) is 11.6 Å². The first-order valence-corrected chi connectivity index (χ1v) is 11.0. The number of rotatable bonds is 10. The molecule has 2 N–H and O–H groups in total. The summed E-state index contributed by atoms with van der Waals surface area (Å²) in [5, 5.41) is 4.40. The zero-order valence-corrected chi connectivity index (χ0v) is 19.3. The SMILES string of the molecule is COC(=O)c1c(OCc2c(F)cc(Cl)c(F)c2F)nsc1NC(=O)NCCCCn1ccnc1. The Labute approximate surface area is 201 Å². The minimum Gasteiger partial charge on any atom is -0.471 e. The van der Waals surface area contributed by atoms with E-state index < -0.39 is 46.6 Å². The van der Waals surface area contributed by atoms with Gasteiger partial charge in [-0.15, -0.1) is 0 Å². The second-order valence-corrected chi connectivity index (χ2v) is 7.99. The van der Waals surface area contributed by atoms with Crippen molar-refractivity contribution in [3.8, 4) is 5.88 Å². The number of methoxy groups -OCH3 is 1. The highest BCUT2D eigenvalue weighted by atomic mass is 35.5. The monoisotopic (exact) mass is 517 g/mol. The Bertz CT molecular complexity index is 1160. The van der Waals surface area contributed by atoms with Crippen LogP contribution in [0.2, 0.25) is 5.02 Å².